The highest BCUT2D eigenvalue weighted by Gasteiger charge is 2.51. The number of hydrogen-bond donors (Lipinski definition) is 2. The molecule has 18 heavy (non-hydrogen) atoms. The van der Waals surface area contributed by atoms with Gasteiger partial charge in [0.15, 0.2) is 5.11 Å². The third kappa shape index (κ3) is 2.71. The number of nitrogens with one attached hydrogen (secondary N) is 2. The van der Waals surface area contributed by atoms with Crippen molar-refractivity contribution in [2.45, 2.75) is 52.9 Å². The SMILES string of the molecule is CCCCCC(C)C1(CC)C(=O)NC(=S)NC1=O. The molecule has 1 aliphatic rings. The van der Waals surface area contributed by atoms with Gasteiger partial charge in [-0.2, -0.15) is 0 Å². The van der Waals surface area contributed by atoms with E-state index in [1.54, 1.807) is 0 Å². The molecule has 5 heteroatoms. The Kier molecular flexibility index (Phi) is 5.26. The molecule has 1 heterocycles. The molecule has 1 aliphatic heterocycles. The molecule has 0 saturated carbocycles. The second kappa shape index (κ2) is 6.27. The zero-order chi connectivity index (χ0) is 13.8. The van der Waals surface area contributed by atoms with Crippen molar-refractivity contribution < 1.29 is 9.59 Å². The largest absolute Gasteiger partial charge is 0.302 e. The predicted molar refractivity (Wildman–Crippen MR) is 74.9 cm³/mol. The van der Waals surface area contributed by atoms with Crippen molar-refractivity contribution in [2.24, 2.45) is 11.3 Å². The molecule has 4 nitrogen and oxygen atoms in total. The summed E-state index contributed by atoms with van der Waals surface area (Å²) < 4.78 is 0. The van der Waals surface area contributed by atoms with Gasteiger partial charge < -0.3 is 10.6 Å². The Bertz CT molecular complexity index is 335. The van der Waals surface area contributed by atoms with Crippen LogP contribution in [0.4, 0.5) is 0 Å². The first-order chi connectivity index (χ1) is 8.48. The van der Waals surface area contributed by atoms with Crippen LogP contribution in [0.2, 0.25) is 0 Å². The van der Waals surface area contributed by atoms with Gasteiger partial charge in [-0.3, -0.25) is 9.59 Å². The van der Waals surface area contributed by atoms with Crippen molar-refractivity contribution in [2.75, 3.05) is 0 Å². The van der Waals surface area contributed by atoms with Gasteiger partial charge in [0.2, 0.25) is 11.8 Å². The van der Waals surface area contributed by atoms with Crippen molar-refractivity contribution in [3.63, 3.8) is 0 Å². The zero-order valence-electron chi connectivity index (χ0n) is 11.3. The number of amides is 2. The number of hydrogen-bond acceptors (Lipinski definition) is 3. The second-order valence-corrected chi connectivity index (χ2v) is 5.37. The molecule has 1 unspecified atom stereocenters. The van der Waals surface area contributed by atoms with E-state index >= 15 is 0 Å². The maximum absolute atomic E-state index is 12.2. The smallest absolute Gasteiger partial charge is 0.242 e. The van der Waals surface area contributed by atoms with E-state index in [9.17, 15) is 9.59 Å². The average Bonchev–Trinajstić information content (AvgIpc) is 2.29. The molecule has 0 aliphatic carbocycles. The Hall–Kier alpha value is -0.970. The summed E-state index contributed by atoms with van der Waals surface area (Å²) in [6.45, 7) is 6.00. The van der Waals surface area contributed by atoms with Crippen LogP contribution >= 0.6 is 12.2 Å². The van der Waals surface area contributed by atoms with Gasteiger partial charge in [-0.05, 0) is 31.0 Å². The third-order valence-corrected chi connectivity index (χ3v) is 4.11. The van der Waals surface area contributed by atoms with E-state index in [-0.39, 0.29) is 22.8 Å². The Morgan fingerprint density at radius 2 is 1.72 bits per heavy atom. The lowest BCUT2D eigenvalue weighted by molar-refractivity contribution is -0.147. The molecule has 1 rings (SSSR count). The Balaban J connectivity index is 2.85. The second-order valence-electron chi connectivity index (χ2n) is 4.96. The molecular weight excluding hydrogens is 248 g/mol. The van der Waals surface area contributed by atoms with Crippen molar-refractivity contribution in [3.8, 4) is 0 Å². The van der Waals surface area contributed by atoms with Crippen molar-refractivity contribution >= 4 is 29.1 Å². The maximum atomic E-state index is 12.2. The van der Waals surface area contributed by atoms with Crippen molar-refractivity contribution in [3.05, 3.63) is 0 Å². The number of carbonyl (C=O) groups is 2. The highest BCUT2D eigenvalue weighted by molar-refractivity contribution is 7.80. The van der Waals surface area contributed by atoms with E-state index in [1.807, 2.05) is 13.8 Å². The fourth-order valence-electron chi connectivity index (χ4n) is 2.63. The summed E-state index contributed by atoms with van der Waals surface area (Å²) in [4.78, 5) is 24.4. The van der Waals surface area contributed by atoms with Crippen molar-refractivity contribution in [1.29, 1.82) is 0 Å². The van der Waals surface area contributed by atoms with Crippen LogP contribution in [0, 0.1) is 11.3 Å². The Morgan fingerprint density at radius 1 is 1.17 bits per heavy atom. The van der Waals surface area contributed by atoms with E-state index < -0.39 is 5.41 Å². The Morgan fingerprint density at radius 3 is 2.17 bits per heavy atom. The van der Waals surface area contributed by atoms with Gasteiger partial charge in [0.05, 0.1) is 0 Å². The fraction of sp³-hybridized carbons (Fsp3) is 0.769. The van der Waals surface area contributed by atoms with Crippen LogP contribution in [0.15, 0.2) is 0 Å². The lowest BCUT2D eigenvalue weighted by Crippen LogP contribution is -2.64. The first-order valence-corrected chi connectivity index (χ1v) is 7.06. The molecule has 0 aromatic carbocycles. The molecule has 1 saturated heterocycles. The normalized spacial score (nSPS) is 20.3. The quantitative estimate of drug-likeness (QED) is 0.441. The van der Waals surface area contributed by atoms with Crippen molar-refractivity contribution in [1.82, 2.24) is 10.6 Å². The van der Waals surface area contributed by atoms with Crippen LogP contribution in [0.5, 0.6) is 0 Å². The zero-order valence-corrected chi connectivity index (χ0v) is 12.2. The molecule has 102 valence electrons. The predicted octanol–water partition coefficient (Wildman–Crippen LogP) is 2.13. The summed E-state index contributed by atoms with van der Waals surface area (Å²) in [5.41, 5.74) is -0.962. The van der Waals surface area contributed by atoms with Crippen LogP contribution in [-0.4, -0.2) is 16.9 Å². The molecular formula is C13H22N2O2S. The first-order valence-electron chi connectivity index (χ1n) is 6.65. The average molecular weight is 270 g/mol. The summed E-state index contributed by atoms with van der Waals surface area (Å²) in [6, 6.07) is 0. The maximum Gasteiger partial charge on any atom is 0.242 e. The summed E-state index contributed by atoms with van der Waals surface area (Å²) >= 11 is 4.84. The standard InChI is InChI=1S/C13H22N2O2S/c1-4-6-7-8-9(3)13(5-2)10(16)14-12(18)15-11(13)17/h9H,4-8H2,1-3H3,(H2,14,15,16,17,18). The van der Waals surface area contributed by atoms with Crippen LogP contribution in [0.25, 0.3) is 0 Å². The summed E-state index contributed by atoms with van der Waals surface area (Å²) in [5.74, 6) is -0.470. The molecule has 0 aromatic rings. The van der Waals surface area contributed by atoms with Crippen LogP contribution in [-0.2, 0) is 9.59 Å². The monoisotopic (exact) mass is 270 g/mol. The third-order valence-electron chi connectivity index (χ3n) is 3.90. The first kappa shape index (κ1) is 15.1. The van der Waals surface area contributed by atoms with E-state index in [0.717, 1.165) is 25.7 Å². The number of thiocarbonyl (C=S) groups is 1. The van der Waals surface area contributed by atoms with Crippen LogP contribution in [0.1, 0.15) is 52.9 Å². The molecule has 1 atom stereocenters. The molecule has 1 fully saturated rings. The van der Waals surface area contributed by atoms with Gasteiger partial charge in [0, 0.05) is 0 Å². The molecule has 0 radical (unpaired) electrons. The van der Waals surface area contributed by atoms with Crippen LogP contribution in [0.3, 0.4) is 0 Å². The summed E-state index contributed by atoms with van der Waals surface area (Å²) in [6.07, 6.45) is 4.69. The number of rotatable bonds is 6. The van der Waals surface area contributed by atoms with E-state index in [0.29, 0.717) is 6.42 Å². The molecule has 0 spiro atoms. The van der Waals surface area contributed by atoms with Gasteiger partial charge in [-0.25, -0.2) is 0 Å². The number of unbranched alkanes of at least 4 members (excludes halogenated alkanes) is 2. The Labute approximate surface area is 114 Å². The molecule has 0 bridgehead atoms. The topological polar surface area (TPSA) is 58.2 Å². The van der Waals surface area contributed by atoms with Gasteiger partial charge in [0.1, 0.15) is 5.41 Å². The highest BCUT2D eigenvalue weighted by atomic mass is 32.1. The summed E-state index contributed by atoms with van der Waals surface area (Å²) in [5, 5.41) is 5.29. The van der Waals surface area contributed by atoms with Gasteiger partial charge in [-0.15, -0.1) is 0 Å². The van der Waals surface area contributed by atoms with Crippen LogP contribution < -0.4 is 10.6 Å². The minimum atomic E-state index is -0.962. The van der Waals surface area contributed by atoms with E-state index in [4.69, 9.17) is 12.2 Å². The highest BCUT2D eigenvalue weighted by Crippen LogP contribution is 2.37. The minimum absolute atomic E-state index is 0.0251. The fourth-order valence-corrected chi connectivity index (χ4v) is 2.81. The lowest BCUT2D eigenvalue weighted by atomic mass is 9.69. The molecule has 0 aromatic heterocycles. The number of carbonyl (C=O) groups excluding carboxylic acids is 2. The molecule has 2 N–H and O–H groups in total. The van der Waals surface area contributed by atoms with Gasteiger partial charge in [-0.1, -0.05) is 40.0 Å². The minimum Gasteiger partial charge on any atom is -0.302 e. The van der Waals surface area contributed by atoms with E-state index in [1.165, 1.54) is 0 Å². The summed E-state index contributed by atoms with van der Waals surface area (Å²) in [7, 11) is 0. The van der Waals surface area contributed by atoms with Gasteiger partial charge >= 0.3 is 0 Å². The van der Waals surface area contributed by atoms with E-state index in [2.05, 4.69) is 17.6 Å². The molecule has 2 amide bonds. The lowest BCUT2D eigenvalue weighted by Gasteiger charge is -2.38. The van der Waals surface area contributed by atoms with Gasteiger partial charge in [0.25, 0.3) is 0 Å².